The van der Waals surface area contributed by atoms with E-state index in [1.165, 1.54) is 18.2 Å². The number of benzene rings is 14. The fourth-order valence-corrected chi connectivity index (χ4v) is 16.4. The molecule has 0 radical (unpaired) electrons. The number of nitrogens with zero attached hydrogens (tertiary/aromatic N) is 1. The third-order valence-electron chi connectivity index (χ3n) is 21.1. The van der Waals surface area contributed by atoms with Gasteiger partial charge in [-0.25, -0.2) is 0 Å². The third-order valence-corrected chi connectivity index (χ3v) is 21.1. The molecule has 1 nitrogen and oxygen atoms in total. The molecule has 0 saturated carbocycles. The molecule has 572 valence electrons. The number of rotatable bonds is 6. The highest BCUT2D eigenvalue weighted by molar-refractivity contribution is 6.12. The molecule has 1 atom stereocenters. The molecule has 0 amide bonds. The van der Waals surface area contributed by atoms with Crippen molar-refractivity contribution < 1.29 is 110 Å². The second-order valence-corrected chi connectivity index (χ2v) is 28.3. The maximum atomic E-state index is 15.2. The van der Waals surface area contributed by atoms with E-state index < -0.39 is 155 Å². The van der Waals surface area contributed by atoms with E-state index in [1.54, 1.807) is 109 Å². The molecule has 2 heterocycles. The zero-order valence-electron chi connectivity index (χ0n) is 57.4. The Morgan fingerprint density at radius 3 is 0.814 bits per heavy atom. The van der Waals surface area contributed by atoms with Crippen molar-refractivity contribution in [2.75, 3.05) is 0 Å². The monoisotopic (exact) mass is 1570 g/mol. The second kappa shape index (κ2) is 26.2. The van der Waals surface area contributed by atoms with E-state index in [2.05, 4.69) is 0 Å². The molecular formula is C88H48F24N+. The molecule has 2 aliphatic heterocycles. The lowest BCUT2D eigenvalue weighted by Crippen LogP contribution is -2.48. The van der Waals surface area contributed by atoms with Gasteiger partial charge in [0.25, 0.3) is 0 Å². The van der Waals surface area contributed by atoms with Crippen LogP contribution in [0.4, 0.5) is 105 Å². The summed E-state index contributed by atoms with van der Waals surface area (Å²) in [5.74, 6) is 0. The Balaban J connectivity index is 1.10. The molecule has 0 N–H and O–H groups in total. The Morgan fingerprint density at radius 2 is 0.487 bits per heavy atom. The van der Waals surface area contributed by atoms with Crippen molar-refractivity contribution in [1.82, 2.24) is 0 Å². The summed E-state index contributed by atoms with van der Waals surface area (Å²) in [7, 11) is 0. The first kappa shape index (κ1) is 75.4. The van der Waals surface area contributed by atoms with Gasteiger partial charge in [0.1, 0.15) is 25.7 Å². The first-order valence-electron chi connectivity index (χ1n) is 34.4. The van der Waals surface area contributed by atoms with Crippen molar-refractivity contribution in [3.05, 3.63) is 321 Å². The molecule has 113 heavy (non-hydrogen) atoms. The van der Waals surface area contributed by atoms with Gasteiger partial charge in [0, 0.05) is 38.9 Å². The Labute approximate surface area is 624 Å². The van der Waals surface area contributed by atoms with Crippen molar-refractivity contribution in [3.8, 4) is 77.9 Å². The van der Waals surface area contributed by atoms with Gasteiger partial charge in [-0.1, -0.05) is 133 Å². The van der Waals surface area contributed by atoms with Crippen LogP contribution in [0.2, 0.25) is 0 Å². The van der Waals surface area contributed by atoms with Crippen LogP contribution in [0.3, 0.4) is 0 Å². The van der Waals surface area contributed by atoms with E-state index in [0.29, 0.717) is 108 Å². The van der Waals surface area contributed by atoms with Crippen LogP contribution in [-0.2, 0) is 69.0 Å². The molecule has 0 saturated heterocycles. The van der Waals surface area contributed by atoms with Crippen LogP contribution in [0, 0.1) is 0 Å². The molecule has 0 aromatic heterocycles. The minimum Gasteiger partial charge on any atom is -0.302 e. The Kier molecular flexibility index (Phi) is 17.5. The minimum absolute atomic E-state index is 0.0340. The standard InChI is InChI=1S/C88H48F24N/c89-81(90,91)61-29-55(30-62(38-61)82(92,93)94)51-23-52(56-31-63(83(95,96)97)39-64(32-56)84(98,99)100)26-59(25-51)74-37-48-12-4-8-16-72(48)79-75(74)44-113(42-49-19-17-45-9-1-5-13-69(45)76(49)77-50(43-113)20-18-46-10-2-6-14-70(46)77)80(73-22-21-47-11-3-7-15-71(47)78(73)79)60-27-53(57-33-65(85(101,102)103)40-66(34-57)86(104,105)106)24-54(28-60)58-35-67(87(107,108)109)41-68(36-58)88(110,111)112/h1-41,80H,42-44H2/q+1. The normalized spacial score (nSPS) is 15.0. The largest absolute Gasteiger partial charge is 0.416 e. The maximum Gasteiger partial charge on any atom is 0.416 e. The smallest absolute Gasteiger partial charge is 0.302 e. The quantitative estimate of drug-likeness (QED) is 0.115. The Bertz CT molecular complexity index is 5840. The average molecular weight is 1580 g/mol. The van der Waals surface area contributed by atoms with Gasteiger partial charge in [0.2, 0.25) is 0 Å². The van der Waals surface area contributed by atoms with Gasteiger partial charge >= 0.3 is 49.4 Å². The van der Waals surface area contributed by atoms with E-state index >= 15 is 105 Å². The number of hydrogen-bond acceptors (Lipinski definition) is 0. The van der Waals surface area contributed by atoms with Gasteiger partial charge < -0.3 is 4.48 Å². The minimum atomic E-state index is -5.54. The van der Waals surface area contributed by atoms with Crippen molar-refractivity contribution in [2.24, 2.45) is 0 Å². The number of quaternary nitrogens is 1. The lowest BCUT2D eigenvalue weighted by molar-refractivity contribution is -0.988. The molecule has 1 spiro atoms. The summed E-state index contributed by atoms with van der Waals surface area (Å²) >= 11 is 0. The van der Waals surface area contributed by atoms with Gasteiger partial charge in [-0.05, 0) is 225 Å². The SMILES string of the molecule is FC(F)(F)c1cc(-c2cc(-c3cc(C(F)(F)F)cc(C(F)(F)F)c3)cc(-c3cc4ccccc4c4c3C[N+]3(Cc5ccc6ccccc6c5-c5c(ccc6ccccc56)C3)C(c3cc(-c5cc(C(F)(F)F)cc(C(F)(F)F)c5)cc(-c5cc(C(F)(F)F)cc(C(F)(F)F)c5)c3)c3ccc5ccccc5c3-4)c2)cc(C(F)(F)F)c1. The summed E-state index contributed by atoms with van der Waals surface area (Å²) in [5, 5.41) is 4.13. The first-order valence-corrected chi connectivity index (χ1v) is 34.4. The van der Waals surface area contributed by atoms with Crippen LogP contribution in [0.15, 0.2) is 249 Å². The summed E-state index contributed by atoms with van der Waals surface area (Å²) < 4.78 is 363. The predicted octanol–water partition coefficient (Wildman–Crippen LogP) is 29.3. The topological polar surface area (TPSA) is 0 Å². The fraction of sp³-hybridized carbons (Fsp3) is 0.136. The van der Waals surface area contributed by atoms with Gasteiger partial charge in [-0.2, -0.15) is 105 Å². The van der Waals surface area contributed by atoms with E-state index in [1.807, 2.05) is 24.3 Å². The van der Waals surface area contributed by atoms with Crippen LogP contribution in [0.1, 0.15) is 78.4 Å². The zero-order valence-corrected chi connectivity index (χ0v) is 57.4. The first-order chi connectivity index (χ1) is 52.9. The zero-order chi connectivity index (χ0) is 80.4. The van der Waals surface area contributed by atoms with Crippen LogP contribution in [0.25, 0.3) is 121 Å². The van der Waals surface area contributed by atoms with Gasteiger partial charge in [0.05, 0.1) is 44.5 Å². The molecule has 0 fully saturated rings. The van der Waals surface area contributed by atoms with Crippen molar-refractivity contribution >= 4 is 43.1 Å². The van der Waals surface area contributed by atoms with E-state index in [0.717, 1.165) is 24.3 Å². The predicted molar refractivity (Wildman–Crippen MR) is 381 cm³/mol. The molecule has 1 unspecified atom stereocenters. The van der Waals surface area contributed by atoms with Crippen LogP contribution in [0.5, 0.6) is 0 Å². The second-order valence-electron chi connectivity index (χ2n) is 28.3. The van der Waals surface area contributed by atoms with Crippen LogP contribution in [-0.4, -0.2) is 4.48 Å². The molecule has 0 bridgehead atoms. The molecule has 16 rings (SSSR count). The van der Waals surface area contributed by atoms with E-state index in [4.69, 9.17) is 0 Å². The number of halogens is 24. The lowest BCUT2D eigenvalue weighted by atomic mass is 9.81. The summed E-state index contributed by atoms with van der Waals surface area (Å²) in [5.41, 5.74) is -18.3. The summed E-state index contributed by atoms with van der Waals surface area (Å²) in [6, 6.07) is 46.1. The molecule has 14 aromatic carbocycles. The number of fused-ring (bicyclic) bond motifs is 14. The van der Waals surface area contributed by atoms with Crippen molar-refractivity contribution in [3.63, 3.8) is 0 Å². The highest BCUT2D eigenvalue weighted by Gasteiger charge is 2.50. The highest BCUT2D eigenvalue weighted by Crippen LogP contribution is 2.59. The van der Waals surface area contributed by atoms with Gasteiger partial charge in [-0.15, -0.1) is 0 Å². The summed E-state index contributed by atoms with van der Waals surface area (Å²) in [6.45, 7) is -1.02. The molecule has 0 aliphatic carbocycles. The van der Waals surface area contributed by atoms with Gasteiger partial charge in [0.15, 0.2) is 0 Å². The summed E-state index contributed by atoms with van der Waals surface area (Å²) in [4.78, 5) is 0. The fourth-order valence-electron chi connectivity index (χ4n) is 16.4. The summed E-state index contributed by atoms with van der Waals surface area (Å²) in [6.07, 6.45) is -44.3. The molecular weight excluding hydrogens is 1530 g/mol. The third kappa shape index (κ3) is 13.9. The van der Waals surface area contributed by atoms with E-state index in [9.17, 15) is 0 Å². The average Bonchev–Trinajstić information content (AvgIpc) is 1.56. The van der Waals surface area contributed by atoms with E-state index in [-0.39, 0.29) is 81.7 Å². The lowest BCUT2D eigenvalue weighted by Gasteiger charge is -2.45. The number of hydrogen-bond donors (Lipinski definition) is 0. The van der Waals surface area contributed by atoms with Crippen molar-refractivity contribution in [1.29, 1.82) is 0 Å². The Hall–Kier alpha value is -11.6. The van der Waals surface area contributed by atoms with Crippen LogP contribution >= 0.6 is 0 Å². The maximum absolute atomic E-state index is 15.2. The Morgan fingerprint density at radius 1 is 0.221 bits per heavy atom. The van der Waals surface area contributed by atoms with Gasteiger partial charge in [-0.3, -0.25) is 0 Å². The molecule has 14 aromatic rings. The number of alkyl halides is 24. The molecule has 25 heteroatoms. The molecule has 2 aliphatic rings. The van der Waals surface area contributed by atoms with Crippen LogP contribution < -0.4 is 0 Å². The highest BCUT2D eigenvalue weighted by atomic mass is 19.4. The van der Waals surface area contributed by atoms with Crippen molar-refractivity contribution in [2.45, 2.75) is 75.1 Å².